The average Bonchev–Trinajstić information content (AvgIpc) is 2.03. The van der Waals surface area contributed by atoms with Gasteiger partial charge in [0.15, 0.2) is 0 Å². The number of alkyl halides is 1. The van der Waals surface area contributed by atoms with Crippen LogP contribution in [0, 0.1) is 0 Å². The number of nitrogens with zero attached hydrogens (tertiary/aromatic N) is 1. The molecule has 1 atom stereocenters. The lowest BCUT2D eigenvalue weighted by atomic mass is 10.1. The van der Waals surface area contributed by atoms with Crippen LogP contribution in [0.4, 0.5) is 0 Å². The Labute approximate surface area is 82.2 Å². The quantitative estimate of drug-likeness (QED) is 0.744. The summed E-state index contributed by atoms with van der Waals surface area (Å²) in [5.41, 5.74) is 0.646. The molecule has 3 nitrogen and oxygen atoms in total. The Morgan fingerprint density at radius 3 is 2.54 bits per heavy atom. The van der Waals surface area contributed by atoms with Crippen molar-refractivity contribution in [1.29, 1.82) is 0 Å². The van der Waals surface area contributed by atoms with E-state index in [9.17, 15) is 4.79 Å². The summed E-state index contributed by atoms with van der Waals surface area (Å²) < 4.78 is 0. The van der Waals surface area contributed by atoms with Crippen LogP contribution < -0.4 is 5.56 Å². The second-order valence-corrected chi connectivity index (χ2v) is 3.98. The van der Waals surface area contributed by atoms with E-state index in [2.05, 4.69) is 9.97 Å². The highest BCUT2D eigenvalue weighted by molar-refractivity contribution is 6.20. The molecular weight excluding hydrogens is 188 g/mol. The maximum absolute atomic E-state index is 11.2. The summed E-state index contributed by atoms with van der Waals surface area (Å²) in [5.74, 6) is 0.786. The van der Waals surface area contributed by atoms with Gasteiger partial charge in [-0.05, 0) is 12.8 Å². The first-order valence-electron chi connectivity index (χ1n) is 4.26. The van der Waals surface area contributed by atoms with Crippen molar-refractivity contribution >= 4 is 11.6 Å². The Hall–Kier alpha value is -0.830. The van der Waals surface area contributed by atoms with Gasteiger partial charge < -0.3 is 4.98 Å². The van der Waals surface area contributed by atoms with Crippen LogP contribution in [-0.2, 0) is 0 Å². The van der Waals surface area contributed by atoms with E-state index >= 15 is 0 Å². The van der Waals surface area contributed by atoms with E-state index < -0.39 is 0 Å². The maximum atomic E-state index is 11.2. The average molecular weight is 201 g/mol. The Morgan fingerprint density at radius 2 is 2.08 bits per heavy atom. The van der Waals surface area contributed by atoms with E-state index in [0.717, 1.165) is 5.69 Å². The molecule has 1 N–H and O–H groups in total. The molecular formula is C9H13ClN2O. The molecule has 1 aromatic rings. The first-order chi connectivity index (χ1) is 6.00. The van der Waals surface area contributed by atoms with Crippen molar-refractivity contribution in [1.82, 2.24) is 9.97 Å². The normalized spacial score (nSPS) is 13.3. The predicted octanol–water partition coefficient (Wildman–Crippen LogP) is 2.19. The molecule has 0 saturated heterocycles. The SMILES string of the molecule is CC(C)c1cc(=O)[nH]c(C(C)Cl)n1. The lowest BCUT2D eigenvalue weighted by Gasteiger charge is -2.07. The molecule has 0 aliphatic rings. The summed E-state index contributed by atoms with van der Waals surface area (Å²) in [6, 6.07) is 1.51. The molecule has 0 saturated carbocycles. The van der Waals surface area contributed by atoms with Crippen molar-refractivity contribution in [2.75, 3.05) is 0 Å². The van der Waals surface area contributed by atoms with Gasteiger partial charge in [0.2, 0.25) is 0 Å². The number of nitrogens with one attached hydrogen (secondary N) is 1. The molecule has 72 valence electrons. The van der Waals surface area contributed by atoms with E-state index in [0.29, 0.717) is 5.82 Å². The van der Waals surface area contributed by atoms with Crippen molar-refractivity contribution in [3.63, 3.8) is 0 Å². The fourth-order valence-corrected chi connectivity index (χ4v) is 1.08. The smallest absolute Gasteiger partial charge is 0.251 e. The topological polar surface area (TPSA) is 45.8 Å². The third-order valence-corrected chi connectivity index (χ3v) is 1.95. The number of H-pyrrole nitrogens is 1. The van der Waals surface area contributed by atoms with Crippen LogP contribution in [0.5, 0.6) is 0 Å². The van der Waals surface area contributed by atoms with Gasteiger partial charge in [0.25, 0.3) is 5.56 Å². The summed E-state index contributed by atoms with van der Waals surface area (Å²) in [6.45, 7) is 5.76. The summed E-state index contributed by atoms with van der Waals surface area (Å²) in [6.07, 6.45) is 0. The lowest BCUT2D eigenvalue weighted by Crippen LogP contribution is -2.13. The van der Waals surface area contributed by atoms with Crippen molar-refractivity contribution in [2.24, 2.45) is 0 Å². The van der Waals surface area contributed by atoms with Gasteiger partial charge >= 0.3 is 0 Å². The van der Waals surface area contributed by atoms with E-state index in [1.165, 1.54) is 6.07 Å². The molecule has 4 heteroatoms. The number of hydrogen-bond donors (Lipinski definition) is 1. The number of aromatic amines is 1. The van der Waals surface area contributed by atoms with Gasteiger partial charge in [-0.15, -0.1) is 11.6 Å². The zero-order valence-electron chi connectivity index (χ0n) is 7.97. The number of rotatable bonds is 2. The highest BCUT2D eigenvalue weighted by Crippen LogP contribution is 2.16. The van der Waals surface area contributed by atoms with E-state index in [1.54, 1.807) is 6.92 Å². The van der Waals surface area contributed by atoms with Crippen LogP contribution in [0.1, 0.15) is 43.6 Å². The summed E-state index contributed by atoms with van der Waals surface area (Å²) in [5, 5.41) is -0.258. The number of aromatic nitrogens is 2. The summed E-state index contributed by atoms with van der Waals surface area (Å²) in [4.78, 5) is 18.0. The molecule has 0 bridgehead atoms. The van der Waals surface area contributed by atoms with Crippen LogP contribution in [0.2, 0.25) is 0 Å². The van der Waals surface area contributed by atoms with Gasteiger partial charge in [-0.2, -0.15) is 0 Å². The second kappa shape index (κ2) is 3.92. The zero-order chi connectivity index (χ0) is 10.0. The summed E-state index contributed by atoms with van der Waals surface area (Å²) >= 11 is 5.82. The Kier molecular flexibility index (Phi) is 3.09. The second-order valence-electron chi connectivity index (χ2n) is 3.33. The molecule has 1 aromatic heterocycles. The third kappa shape index (κ3) is 2.56. The van der Waals surface area contributed by atoms with E-state index in [-0.39, 0.29) is 16.9 Å². The van der Waals surface area contributed by atoms with Crippen molar-refractivity contribution in [3.05, 3.63) is 27.9 Å². The molecule has 0 fully saturated rings. The zero-order valence-corrected chi connectivity index (χ0v) is 8.72. The molecule has 0 aliphatic heterocycles. The van der Waals surface area contributed by atoms with Gasteiger partial charge in [0.05, 0.1) is 11.1 Å². The third-order valence-electron chi connectivity index (χ3n) is 1.75. The number of hydrogen-bond acceptors (Lipinski definition) is 2. The largest absolute Gasteiger partial charge is 0.309 e. The Bertz CT molecular complexity index is 314. The standard InChI is InChI=1S/C9H13ClN2O/c1-5(2)7-4-8(13)12-9(11-7)6(3)10/h4-6H,1-3H3,(H,11,12,13). The van der Waals surface area contributed by atoms with Crippen LogP contribution in [-0.4, -0.2) is 9.97 Å². The van der Waals surface area contributed by atoms with Gasteiger partial charge in [0, 0.05) is 6.07 Å². The van der Waals surface area contributed by atoms with Crippen molar-refractivity contribution in [3.8, 4) is 0 Å². The van der Waals surface area contributed by atoms with Crippen LogP contribution >= 0.6 is 11.6 Å². The Balaban J connectivity index is 3.19. The van der Waals surface area contributed by atoms with Gasteiger partial charge in [0.1, 0.15) is 5.82 Å². The van der Waals surface area contributed by atoms with Crippen LogP contribution in [0.15, 0.2) is 10.9 Å². The predicted molar refractivity (Wildman–Crippen MR) is 53.2 cm³/mol. The van der Waals surface area contributed by atoms with E-state index in [1.807, 2.05) is 13.8 Å². The monoisotopic (exact) mass is 200 g/mol. The minimum atomic E-state index is -0.258. The minimum absolute atomic E-state index is 0.138. The molecule has 0 aliphatic carbocycles. The highest BCUT2D eigenvalue weighted by atomic mass is 35.5. The van der Waals surface area contributed by atoms with Crippen LogP contribution in [0.3, 0.4) is 0 Å². The molecule has 1 heterocycles. The molecule has 0 amide bonds. The molecule has 0 spiro atoms. The minimum Gasteiger partial charge on any atom is -0.309 e. The molecule has 13 heavy (non-hydrogen) atoms. The molecule has 1 unspecified atom stereocenters. The number of halogens is 1. The summed E-state index contributed by atoms with van der Waals surface area (Å²) in [7, 11) is 0. The van der Waals surface area contributed by atoms with Crippen molar-refractivity contribution in [2.45, 2.75) is 32.1 Å². The first kappa shape index (κ1) is 10.3. The van der Waals surface area contributed by atoms with Crippen LogP contribution in [0.25, 0.3) is 0 Å². The van der Waals surface area contributed by atoms with Gasteiger partial charge in [-0.25, -0.2) is 4.98 Å². The lowest BCUT2D eigenvalue weighted by molar-refractivity contribution is 0.773. The Morgan fingerprint density at radius 1 is 1.46 bits per heavy atom. The molecule has 0 aromatic carbocycles. The van der Waals surface area contributed by atoms with E-state index in [4.69, 9.17) is 11.6 Å². The first-order valence-corrected chi connectivity index (χ1v) is 4.69. The van der Waals surface area contributed by atoms with Gasteiger partial charge in [-0.3, -0.25) is 4.79 Å². The molecule has 0 radical (unpaired) electrons. The maximum Gasteiger partial charge on any atom is 0.251 e. The fourth-order valence-electron chi connectivity index (χ4n) is 0.980. The highest BCUT2D eigenvalue weighted by Gasteiger charge is 2.08. The fraction of sp³-hybridized carbons (Fsp3) is 0.556. The van der Waals surface area contributed by atoms with Gasteiger partial charge in [-0.1, -0.05) is 13.8 Å². The van der Waals surface area contributed by atoms with Crippen molar-refractivity contribution < 1.29 is 0 Å². The molecule has 1 rings (SSSR count).